The Balaban J connectivity index is 1.45. The Morgan fingerprint density at radius 3 is 2.58 bits per heavy atom. The number of phenolic OH excluding ortho intramolecular Hbond substituents is 1. The van der Waals surface area contributed by atoms with Crippen molar-refractivity contribution in [3.8, 4) is 17.0 Å². The van der Waals surface area contributed by atoms with Crippen molar-refractivity contribution in [2.75, 3.05) is 5.32 Å². The summed E-state index contributed by atoms with van der Waals surface area (Å²) in [6, 6.07) is 27.5. The van der Waals surface area contributed by atoms with Crippen molar-refractivity contribution in [1.82, 2.24) is 14.8 Å². The van der Waals surface area contributed by atoms with Gasteiger partial charge in [-0.1, -0.05) is 65.9 Å². The fourth-order valence-corrected chi connectivity index (χ4v) is 4.94. The zero-order valence-electron chi connectivity index (χ0n) is 19.6. The molecule has 182 valence electrons. The lowest BCUT2D eigenvalue weighted by atomic mass is 10.0. The number of benzene rings is 4. The molecule has 0 unspecified atom stereocenters. The number of nitrogens with one attached hydrogen (secondary N) is 1. The molecule has 6 rings (SSSR count). The average molecular weight is 516 g/mol. The molecule has 10 heteroatoms. The van der Waals surface area contributed by atoms with Gasteiger partial charge in [-0.05, 0) is 35.7 Å². The zero-order chi connectivity index (χ0) is 26.1. The molecule has 0 saturated heterocycles. The predicted octanol–water partition coefficient (Wildman–Crippen LogP) is 6.88. The number of hydrogen-bond acceptors (Lipinski definition) is 8. The molecule has 38 heavy (non-hydrogen) atoms. The SMILES string of the molecule is N#Cc1cnn(-c2nc3ccccc3s2)c1N=Nc1c(O)c(C(=O)Nc2ccccc2)cc2ccccc12. The molecule has 2 aromatic heterocycles. The van der Waals surface area contributed by atoms with E-state index in [9.17, 15) is 15.2 Å². The van der Waals surface area contributed by atoms with Gasteiger partial charge in [0, 0.05) is 11.1 Å². The van der Waals surface area contributed by atoms with Crippen LogP contribution in [0.4, 0.5) is 17.2 Å². The molecule has 9 nitrogen and oxygen atoms in total. The van der Waals surface area contributed by atoms with Gasteiger partial charge in [-0.3, -0.25) is 4.79 Å². The number of carbonyl (C=O) groups excluding carboxylic acids is 1. The summed E-state index contributed by atoms with van der Waals surface area (Å²) in [6.07, 6.45) is 1.39. The van der Waals surface area contributed by atoms with Crippen LogP contribution in [0.3, 0.4) is 0 Å². The van der Waals surface area contributed by atoms with Crippen LogP contribution in [0.5, 0.6) is 5.75 Å². The van der Waals surface area contributed by atoms with Gasteiger partial charge in [0.1, 0.15) is 17.3 Å². The van der Waals surface area contributed by atoms with Crippen molar-refractivity contribution in [1.29, 1.82) is 5.26 Å². The summed E-state index contributed by atoms with van der Waals surface area (Å²) in [6.45, 7) is 0. The van der Waals surface area contributed by atoms with E-state index < -0.39 is 5.91 Å². The Bertz CT molecular complexity index is 1870. The van der Waals surface area contributed by atoms with Crippen molar-refractivity contribution in [3.63, 3.8) is 0 Å². The molecule has 2 N–H and O–H groups in total. The predicted molar refractivity (Wildman–Crippen MR) is 146 cm³/mol. The largest absolute Gasteiger partial charge is 0.505 e. The second-order valence-corrected chi connectivity index (χ2v) is 9.24. The van der Waals surface area contributed by atoms with Crippen LogP contribution in [0.2, 0.25) is 0 Å². The standard InChI is InChI=1S/C28H17N7O2S/c29-15-18-16-30-35(28-32-22-12-6-7-13-23(22)38-28)26(18)34-33-24-20-11-5-4-8-17(20)14-21(25(24)36)27(37)31-19-9-2-1-3-10-19/h1-14,16,36H,(H,31,37). The molecule has 0 fully saturated rings. The number of fused-ring (bicyclic) bond motifs is 2. The molecule has 0 radical (unpaired) electrons. The summed E-state index contributed by atoms with van der Waals surface area (Å²) in [5.74, 6) is -0.659. The van der Waals surface area contributed by atoms with E-state index in [2.05, 4.69) is 31.7 Å². The van der Waals surface area contributed by atoms with E-state index in [4.69, 9.17) is 0 Å². The third-order valence-corrected chi connectivity index (χ3v) is 6.86. The molecular formula is C28H17N7O2S. The van der Waals surface area contributed by atoms with Crippen LogP contribution in [0.1, 0.15) is 15.9 Å². The minimum atomic E-state index is -0.492. The maximum atomic E-state index is 13.1. The van der Waals surface area contributed by atoms with E-state index in [0.717, 1.165) is 10.2 Å². The normalized spacial score (nSPS) is 11.2. The van der Waals surface area contributed by atoms with Gasteiger partial charge in [0.25, 0.3) is 5.91 Å². The van der Waals surface area contributed by atoms with Crippen LogP contribution >= 0.6 is 11.3 Å². The number of nitriles is 1. The van der Waals surface area contributed by atoms with E-state index in [0.29, 0.717) is 21.6 Å². The molecule has 0 atom stereocenters. The summed E-state index contributed by atoms with van der Waals surface area (Å²) < 4.78 is 2.40. The van der Waals surface area contributed by atoms with Gasteiger partial charge in [-0.2, -0.15) is 15.0 Å². The maximum Gasteiger partial charge on any atom is 0.259 e. The fourth-order valence-electron chi connectivity index (χ4n) is 4.02. The zero-order valence-corrected chi connectivity index (χ0v) is 20.4. The molecular weight excluding hydrogens is 498 g/mol. The first-order chi connectivity index (χ1) is 18.6. The lowest BCUT2D eigenvalue weighted by molar-refractivity contribution is 0.102. The number of azo groups is 1. The summed E-state index contributed by atoms with van der Waals surface area (Å²) in [5, 5.41) is 38.4. The van der Waals surface area contributed by atoms with Gasteiger partial charge in [-0.15, -0.1) is 10.2 Å². The lowest BCUT2D eigenvalue weighted by Gasteiger charge is -2.11. The lowest BCUT2D eigenvalue weighted by Crippen LogP contribution is -2.12. The Morgan fingerprint density at radius 1 is 1.00 bits per heavy atom. The van der Waals surface area contributed by atoms with Crippen molar-refractivity contribution in [3.05, 3.63) is 102 Å². The highest BCUT2D eigenvalue weighted by atomic mass is 32.1. The van der Waals surface area contributed by atoms with Crippen LogP contribution in [-0.2, 0) is 0 Å². The second kappa shape index (κ2) is 9.57. The fraction of sp³-hybridized carbons (Fsp3) is 0. The third-order valence-electron chi connectivity index (χ3n) is 5.84. The summed E-state index contributed by atoms with van der Waals surface area (Å²) in [4.78, 5) is 17.7. The second-order valence-electron chi connectivity index (χ2n) is 8.23. The average Bonchev–Trinajstić information content (AvgIpc) is 3.56. The number of para-hydroxylation sites is 2. The van der Waals surface area contributed by atoms with Gasteiger partial charge in [0.2, 0.25) is 5.13 Å². The molecule has 0 saturated carbocycles. The van der Waals surface area contributed by atoms with E-state index in [1.54, 1.807) is 42.5 Å². The summed E-state index contributed by atoms with van der Waals surface area (Å²) >= 11 is 1.40. The molecule has 0 aliphatic rings. The number of rotatable bonds is 5. The Hall–Kier alpha value is -5.40. The van der Waals surface area contributed by atoms with Gasteiger partial charge in [0.05, 0.1) is 22.0 Å². The highest BCUT2D eigenvalue weighted by Crippen LogP contribution is 2.40. The van der Waals surface area contributed by atoms with Crippen molar-refractivity contribution < 1.29 is 9.90 Å². The monoisotopic (exact) mass is 515 g/mol. The molecule has 0 aliphatic carbocycles. The summed E-state index contributed by atoms with van der Waals surface area (Å²) in [7, 11) is 0. The molecule has 1 amide bonds. The number of anilines is 1. The number of aromatic hydroxyl groups is 1. The number of nitrogens with zero attached hydrogens (tertiary/aromatic N) is 6. The Labute approximate surface area is 220 Å². The summed E-state index contributed by atoms with van der Waals surface area (Å²) in [5.41, 5.74) is 1.72. The van der Waals surface area contributed by atoms with Crippen LogP contribution in [0.15, 0.2) is 101 Å². The molecule has 2 heterocycles. The van der Waals surface area contributed by atoms with Crippen molar-refractivity contribution in [2.24, 2.45) is 10.2 Å². The molecule has 6 aromatic rings. The van der Waals surface area contributed by atoms with Gasteiger partial charge in [0.15, 0.2) is 11.6 Å². The minimum absolute atomic E-state index is 0.0432. The van der Waals surface area contributed by atoms with Crippen LogP contribution in [0, 0.1) is 11.3 Å². The maximum absolute atomic E-state index is 13.1. The topological polar surface area (TPSA) is 129 Å². The van der Waals surface area contributed by atoms with Gasteiger partial charge < -0.3 is 10.4 Å². The molecule has 4 aromatic carbocycles. The van der Waals surface area contributed by atoms with Crippen molar-refractivity contribution in [2.45, 2.75) is 0 Å². The number of thiazole rings is 1. The van der Waals surface area contributed by atoms with E-state index in [-0.39, 0.29) is 28.4 Å². The molecule has 0 aliphatic heterocycles. The number of hydrogen-bond donors (Lipinski definition) is 2. The smallest absolute Gasteiger partial charge is 0.259 e. The molecule has 0 bridgehead atoms. The van der Waals surface area contributed by atoms with Gasteiger partial charge in [-0.25, -0.2) is 4.98 Å². The van der Waals surface area contributed by atoms with Crippen LogP contribution in [0.25, 0.3) is 26.1 Å². The Morgan fingerprint density at radius 2 is 1.76 bits per heavy atom. The highest BCUT2D eigenvalue weighted by Gasteiger charge is 2.20. The van der Waals surface area contributed by atoms with Gasteiger partial charge >= 0.3 is 0 Å². The van der Waals surface area contributed by atoms with E-state index >= 15 is 0 Å². The van der Waals surface area contributed by atoms with Crippen molar-refractivity contribution >= 4 is 55.4 Å². The van der Waals surface area contributed by atoms with Crippen LogP contribution in [-0.4, -0.2) is 25.8 Å². The van der Waals surface area contributed by atoms with E-state index in [1.807, 2.05) is 42.5 Å². The first kappa shape index (κ1) is 23.0. The minimum Gasteiger partial charge on any atom is -0.505 e. The molecule has 0 spiro atoms. The number of phenols is 1. The number of carbonyl (C=O) groups is 1. The van der Waals surface area contributed by atoms with E-state index in [1.165, 1.54) is 22.2 Å². The number of aromatic nitrogens is 3. The highest BCUT2D eigenvalue weighted by molar-refractivity contribution is 7.20. The van der Waals surface area contributed by atoms with Crippen LogP contribution < -0.4 is 5.32 Å². The third kappa shape index (κ3) is 4.13. The first-order valence-corrected chi connectivity index (χ1v) is 12.3. The quantitative estimate of drug-likeness (QED) is 0.242. The first-order valence-electron chi connectivity index (χ1n) is 11.5. The number of amides is 1. The Kier molecular flexibility index (Phi) is 5.80.